The largest absolute Gasteiger partial charge is 0.326 e. The van der Waals surface area contributed by atoms with Crippen LogP contribution in [0.5, 0.6) is 0 Å². The van der Waals surface area contributed by atoms with E-state index in [-0.39, 0.29) is 6.04 Å². The molecule has 2 atom stereocenters. The maximum atomic E-state index is 6.25. The molecule has 1 aromatic rings. The first-order valence-electron chi connectivity index (χ1n) is 6.23. The van der Waals surface area contributed by atoms with Gasteiger partial charge in [0, 0.05) is 12.2 Å². The summed E-state index contributed by atoms with van der Waals surface area (Å²) in [7, 11) is 0. The highest BCUT2D eigenvalue weighted by Gasteiger charge is 2.30. The van der Waals surface area contributed by atoms with Crippen LogP contribution in [-0.2, 0) is 0 Å². The number of pyridine rings is 1. The van der Waals surface area contributed by atoms with Crippen LogP contribution in [0.15, 0.2) is 24.4 Å². The zero-order valence-electron chi connectivity index (χ0n) is 9.97. The highest BCUT2D eigenvalue weighted by atomic mass is 15.2. The van der Waals surface area contributed by atoms with Crippen molar-refractivity contribution in [3.63, 3.8) is 0 Å². The average molecular weight is 219 g/mol. The smallest absolute Gasteiger partial charge is 0.0673 e. The summed E-state index contributed by atoms with van der Waals surface area (Å²) < 4.78 is 0. The lowest BCUT2D eigenvalue weighted by Crippen LogP contribution is -2.46. The lowest BCUT2D eigenvalue weighted by atomic mass is 9.94. The van der Waals surface area contributed by atoms with Crippen LogP contribution in [0.3, 0.4) is 0 Å². The number of aromatic nitrogens is 1. The predicted molar refractivity (Wildman–Crippen MR) is 66.1 cm³/mol. The molecule has 3 nitrogen and oxygen atoms in total. The topological polar surface area (TPSA) is 42.1 Å². The van der Waals surface area contributed by atoms with Crippen molar-refractivity contribution < 1.29 is 0 Å². The average Bonchev–Trinajstić information content (AvgIpc) is 2.31. The zero-order valence-corrected chi connectivity index (χ0v) is 9.97. The minimum absolute atomic E-state index is 0.232. The molecule has 0 aromatic carbocycles. The summed E-state index contributed by atoms with van der Waals surface area (Å²) in [6.45, 7) is 4.49. The predicted octanol–water partition coefficient (Wildman–Crippen LogP) is 1.96. The third-order valence-electron chi connectivity index (χ3n) is 3.28. The third-order valence-corrected chi connectivity index (χ3v) is 3.28. The quantitative estimate of drug-likeness (QED) is 0.845. The molecule has 1 aliphatic heterocycles. The molecule has 1 fully saturated rings. The molecule has 0 saturated carbocycles. The molecule has 3 heteroatoms. The van der Waals surface area contributed by atoms with Gasteiger partial charge >= 0.3 is 0 Å². The summed E-state index contributed by atoms with van der Waals surface area (Å²) in [5, 5.41) is 0. The van der Waals surface area contributed by atoms with E-state index in [0.717, 1.165) is 25.2 Å². The summed E-state index contributed by atoms with van der Waals surface area (Å²) >= 11 is 0. The number of likely N-dealkylation sites (tertiary alicyclic amines) is 1. The molecule has 1 aromatic heterocycles. The maximum absolute atomic E-state index is 6.25. The Morgan fingerprint density at radius 1 is 1.50 bits per heavy atom. The molecule has 0 bridgehead atoms. The van der Waals surface area contributed by atoms with E-state index in [2.05, 4.69) is 22.9 Å². The fourth-order valence-electron chi connectivity index (χ4n) is 2.59. The molecule has 1 aliphatic rings. The van der Waals surface area contributed by atoms with Crippen molar-refractivity contribution in [1.82, 2.24) is 9.88 Å². The van der Waals surface area contributed by atoms with Gasteiger partial charge in [0.25, 0.3) is 0 Å². The van der Waals surface area contributed by atoms with E-state index in [0.29, 0.717) is 6.04 Å². The zero-order chi connectivity index (χ0) is 11.4. The van der Waals surface area contributed by atoms with Gasteiger partial charge in [-0.2, -0.15) is 0 Å². The third kappa shape index (κ3) is 2.42. The van der Waals surface area contributed by atoms with E-state index in [1.165, 1.54) is 12.8 Å². The molecular weight excluding hydrogens is 198 g/mol. The Morgan fingerprint density at radius 2 is 2.38 bits per heavy atom. The number of hydrogen-bond donors (Lipinski definition) is 1. The van der Waals surface area contributed by atoms with E-state index >= 15 is 0 Å². The van der Waals surface area contributed by atoms with Gasteiger partial charge in [-0.05, 0) is 44.5 Å². The Bertz CT molecular complexity index is 310. The first kappa shape index (κ1) is 11.6. The van der Waals surface area contributed by atoms with Gasteiger partial charge in [0.1, 0.15) is 0 Å². The van der Waals surface area contributed by atoms with Crippen molar-refractivity contribution in [1.29, 1.82) is 0 Å². The van der Waals surface area contributed by atoms with Crippen molar-refractivity contribution in [3.05, 3.63) is 30.1 Å². The molecule has 0 aliphatic carbocycles. The Labute approximate surface area is 97.7 Å². The highest BCUT2D eigenvalue weighted by molar-refractivity contribution is 5.12. The molecule has 2 unspecified atom stereocenters. The van der Waals surface area contributed by atoms with E-state index in [1.54, 1.807) is 0 Å². The summed E-state index contributed by atoms with van der Waals surface area (Å²) in [6.07, 6.45) is 5.36. The summed E-state index contributed by atoms with van der Waals surface area (Å²) in [5.74, 6) is 0. The number of nitrogens with two attached hydrogens (primary N) is 1. The molecular formula is C13H21N3. The fourth-order valence-corrected chi connectivity index (χ4v) is 2.59. The molecule has 2 N–H and O–H groups in total. The lowest BCUT2D eigenvalue weighted by Gasteiger charge is -2.39. The summed E-state index contributed by atoms with van der Waals surface area (Å²) in [5.41, 5.74) is 7.38. The van der Waals surface area contributed by atoms with Gasteiger partial charge in [0.15, 0.2) is 0 Å². The normalized spacial score (nSPS) is 26.9. The minimum Gasteiger partial charge on any atom is -0.326 e. The van der Waals surface area contributed by atoms with Gasteiger partial charge in [-0.3, -0.25) is 9.88 Å². The molecule has 0 amide bonds. The number of rotatable bonds is 3. The van der Waals surface area contributed by atoms with Gasteiger partial charge in [0.05, 0.1) is 11.7 Å². The first-order chi connectivity index (χ1) is 7.83. The molecule has 1 saturated heterocycles. The molecule has 88 valence electrons. The SMILES string of the molecule is CCCN1CCCC(N)C1c1ccccn1. The standard InChI is InChI=1S/C13H21N3/c1-2-9-16-10-5-6-11(14)13(16)12-7-3-4-8-15-12/h3-4,7-8,11,13H,2,5-6,9-10,14H2,1H3. The van der Waals surface area contributed by atoms with Crippen LogP contribution in [0.2, 0.25) is 0 Å². The van der Waals surface area contributed by atoms with Crippen LogP contribution in [0, 0.1) is 0 Å². The van der Waals surface area contributed by atoms with Crippen LogP contribution >= 0.6 is 0 Å². The van der Waals surface area contributed by atoms with Crippen molar-refractivity contribution in [2.75, 3.05) is 13.1 Å². The van der Waals surface area contributed by atoms with Crippen molar-refractivity contribution in [3.8, 4) is 0 Å². The highest BCUT2D eigenvalue weighted by Crippen LogP contribution is 2.28. The van der Waals surface area contributed by atoms with Crippen LogP contribution in [0.25, 0.3) is 0 Å². The van der Waals surface area contributed by atoms with E-state index in [4.69, 9.17) is 5.73 Å². The Hall–Kier alpha value is -0.930. The molecule has 0 spiro atoms. The molecule has 2 heterocycles. The number of nitrogens with zero attached hydrogens (tertiary/aromatic N) is 2. The Kier molecular flexibility index (Phi) is 3.91. The van der Waals surface area contributed by atoms with Crippen LogP contribution in [-0.4, -0.2) is 29.0 Å². The second kappa shape index (κ2) is 5.41. The van der Waals surface area contributed by atoms with Crippen LogP contribution < -0.4 is 5.73 Å². The second-order valence-corrected chi connectivity index (χ2v) is 4.54. The minimum atomic E-state index is 0.232. The van der Waals surface area contributed by atoms with Gasteiger partial charge < -0.3 is 5.73 Å². The van der Waals surface area contributed by atoms with E-state index in [1.807, 2.05) is 18.3 Å². The van der Waals surface area contributed by atoms with Crippen molar-refractivity contribution in [2.45, 2.75) is 38.3 Å². The molecule has 2 rings (SSSR count). The molecule has 16 heavy (non-hydrogen) atoms. The van der Waals surface area contributed by atoms with Crippen LogP contribution in [0.4, 0.5) is 0 Å². The van der Waals surface area contributed by atoms with Crippen molar-refractivity contribution >= 4 is 0 Å². The van der Waals surface area contributed by atoms with E-state index < -0.39 is 0 Å². The van der Waals surface area contributed by atoms with Gasteiger partial charge in [-0.25, -0.2) is 0 Å². The first-order valence-corrected chi connectivity index (χ1v) is 6.23. The van der Waals surface area contributed by atoms with Crippen molar-refractivity contribution in [2.24, 2.45) is 5.73 Å². The fraction of sp³-hybridized carbons (Fsp3) is 0.615. The molecule has 0 radical (unpaired) electrons. The monoisotopic (exact) mass is 219 g/mol. The number of hydrogen-bond acceptors (Lipinski definition) is 3. The summed E-state index contributed by atoms with van der Waals surface area (Å²) in [6, 6.07) is 6.65. The Morgan fingerprint density at radius 3 is 3.06 bits per heavy atom. The van der Waals surface area contributed by atoms with Crippen LogP contribution in [0.1, 0.15) is 37.9 Å². The lowest BCUT2D eigenvalue weighted by molar-refractivity contribution is 0.125. The van der Waals surface area contributed by atoms with E-state index in [9.17, 15) is 0 Å². The second-order valence-electron chi connectivity index (χ2n) is 4.54. The van der Waals surface area contributed by atoms with Gasteiger partial charge in [-0.1, -0.05) is 13.0 Å². The van der Waals surface area contributed by atoms with Gasteiger partial charge in [0.2, 0.25) is 0 Å². The Balaban J connectivity index is 2.19. The van der Waals surface area contributed by atoms with Gasteiger partial charge in [-0.15, -0.1) is 0 Å². The summed E-state index contributed by atoms with van der Waals surface area (Å²) in [4.78, 5) is 6.95. The number of piperidine rings is 1. The maximum Gasteiger partial charge on any atom is 0.0673 e.